The molecule has 1 aromatic rings. The molecule has 0 heterocycles. The molecule has 0 spiro atoms. The van der Waals surface area contributed by atoms with Crippen LogP contribution in [0.25, 0.3) is 0 Å². The monoisotopic (exact) mass is 264 g/mol. The zero-order chi connectivity index (χ0) is 14.1. The van der Waals surface area contributed by atoms with E-state index in [9.17, 15) is 5.11 Å². The maximum atomic E-state index is 9.26. The summed E-state index contributed by atoms with van der Waals surface area (Å²) in [5, 5.41) is 9.26. The molecule has 0 bridgehead atoms. The van der Waals surface area contributed by atoms with Gasteiger partial charge in [0.25, 0.3) is 0 Å². The Morgan fingerprint density at radius 1 is 1.21 bits per heavy atom. The van der Waals surface area contributed by atoms with Crippen molar-refractivity contribution in [1.29, 1.82) is 0 Å². The minimum absolute atomic E-state index is 0.0806. The van der Waals surface area contributed by atoms with Crippen LogP contribution in [-0.2, 0) is 6.42 Å². The van der Waals surface area contributed by atoms with Crippen LogP contribution in [0.4, 0.5) is 0 Å². The highest BCUT2D eigenvalue weighted by Crippen LogP contribution is 2.13. The Hall–Kier alpha value is -0.900. The number of likely N-dealkylation sites (N-methyl/N-ethyl adjacent to an activating group) is 1. The van der Waals surface area contributed by atoms with E-state index >= 15 is 0 Å². The fraction of sp³-hybridized carbons (Fsp3) is 0.625. The molecule has 1 unspecified atom stereocenters. The van der Waals surface area contributed by atoms with Gasteiger partial charge in [-0.1, -0.05) is 37.3 Å². The fourth-order valence-corrected chi connectivity index (χ4v) is 2.15. The van der Waals surface area contributed by atoms with Crippen molar-refractivity contribution in [2.45, 2.75) is 38.1 Å². The SMILES string of the molecule is CCC(N)(CO)CCCN(C)CCc1ccccc1. The van der Waals surface area contributed by atoms with Gasteiger partial charge in [-0.2, -0.15) is 0 Å². The maximum absolute atomic E-state index is 9.26. The zero-order valence-corrected chi connectivity index (χ0v) is 12.3. The van der Waals surface area contributed by atoms with Crippen molar-refractivity contribution in [1.82, 2.24) is 4.90 Å². The lowest BCUT2D eigenvalue weighted by molar-refractivity contribution is 0.175. The highest BCUT2D eigenvalue weighted by Gasteiger charge is 2.20. The van der Waals surface area contributed by atoms with Crippen molar-refractivity contribution in [3.8, 4) is 0 Å². The number of benzene rings is 1. The summed E-state index contributed by atoms with van der Waals surface area (Å²) in [7, 11) is 2.14. The van der Waals surface area contributed by atoms with E-state index in [4.69, 9.17) is 5.73 Å². The number of nitrogens with two attached hydrogens (primary N) is 1. The first-order valence-electron chi connectivity index (χ1n) is 7.22. The topological polar surface area (TPSA) is 49.5 Å². The van der Waals surface area contributed by atoms with E-state index in [0.29, 0.717) is 0 Å². The number of hydrogen-bond acceptors (Lipinski definition) is 3. The molecule has 0 aliphatic heterocycles. The third-order valence-electron chi connectivity index (χ3n) is 3.86. The molecule has 0 fully saturated rings. The molecule has 0 saturated carbocycles. The summed E-state index contributed by atoms with van der Waals surface area (Å²) in [6.07, 6.45) is 3.84. The Bertz CT molecular complexity index is 336. The third kappa shape index (κ3) is 6.19. The molecule has 108 valence electrons. The predicted molar refractivity (Wildman–Crippen MR) is 81.2 cm³/mol. The molecule has 1 atom stereocenters. The average molecular weight is 264 g/mol. The fourth-order valence-electron chi connectivity index (χ4n) is 2.15. The van der Waals surface area contributed by atoms with Crippen LogP contribution in [0.5, 0.6) is 0 Å². The van der Waals surface area contributed by atoms with Crippen molar-refractivity contribution in [2.75, 3.05) is 26.7 Å². The minimum Gasteiger partial charge on any atom is -0.394 e. The van der Waals surface area contributed by atoms with Gasteiger partial charge in [-0.25, -0.2) is 0 Å². The molecule has 0 saturated heterocycles. The average Bonchev–Trinajstić information content (AvgIpc) is 2.46. The molecule has 1 aromatic carbocycles. The smallest absolute Gasteiger partial charge is 0.0611 e. The van der Waals surface area contributed by atoms with Crippen LogP contribution in [0.2, 0.25) is 0 Å². The van der Waals surface area contributed by atoms with Crippen LogP contribution in [-0.4, -0.2) is 42.3 Å². The van der Waals surface area contributed by atoms with Crippen molar-refractivity contribution < 1.29 is 5.11 Å². The molecule has 0 aromatic heterocycles. The Labute approximate surface area is 117 Å². The zero-order valence-electron chi connectivity index (χ0n) is 12.3. The molecule has 0 aliphatic carbocycles. The van der Waals surface area contributed by atoms with E-state index < -0.39 is 0 Å². The van der Waals surface area contributed by atoms with Gasteiger partial charge in [0.15, 0.2) is 0 Å². The van der Waals surface area contributed by atoms with Gasteiger partial charge in [-0.3, -0.25) is 0 Å². The summed E-state index contributed by atoms with van der Waals surface area (Å²) in [5.41, 5.74) is 7.07. The lowest BCUT2D eigenvalue weighted by Crippen LogP contribution is -2.43. The van der Waals surface area contributed by atoms with Crippen LogP contribution in [0.15, 0.2) is 30.3 Å². The second-order valence-corrected chi connectivity index (χ2v) is 5.52. The molecule has 3 nitrogen and oxygen atoms in total. The van der Waals surface area contributed by atoms with Gasteiger partial charge in [0.05, 0.1) is 6.61 Å². The molecule has 1 rings (SSSR count). The molecule has 3 heteroatoms. The van der Waals surface area contributed by atoms with Crippen LogP contribution < -0.4 is 5.73 Å². The van der Waals surface area contributed by atoms with E-state index in [1.807, 2.05) is 13.0 Å². The largest absolute Gasteiger partial charge is 0.394 e. The molecular formula is C16H28N2O. The summed E-state index contributed by atoms with van der Waals surface area (Å²) < 4.78 is 0. The molecule has 3 N–H and O–H groups in total. The van der Waals surface area contributed by atoms with Crippen LogP contribution in [0.3, 0.4) is 0 Å². The Balaban J connectivity index is 2.20. The summed E-state index contributed by atoms with van der Waals surface area (Å²) in [4.78, 5) is 2.33. The highest BCUT2D eigenvalue weighted by molar-refractivity contribution is 5.14. The van der Waals surface area contributed by atoms with Crippen molar-refractivity contribution in [3.63, 3.8) is 0 Å². The number of rotatable bonds is 9. The third-order valence-corrected chi connectivity index (χ3v) is 3.86. The van der Waals surface area contributed by atoms with Crippen LogP contribution in [0.1, 0.15) is 31.7 Å². The summed E-state index contributed by atoms with van der Waals surface area (Å²) >= 11 is 0. The van der Waals surface area contributed by atoms with Gasteiger partial charge >= 0.3 is 0 Å². The lowest BCUT2D eigenvalue weighted by atomic mass is 9.92. The normalized spacial score (nSPS) is 14.6. The van der Waals surface area contributed by atoms with Gasteiger partial charge in [0.2, 0.25) is 0 Å². The van der Waals surface area contributed by atoms with Crippen LogP contribution in [0, 0.1) is 0 Å². The second kappa shape index (κ2) is 8.31. The first-order valence-corrected chi connectivity index (χ1v) is 7.22. The van der Waals surface area contributed by atoms with Gasteiger partial charge in [0, 0.05) is 12.1 Å². The van der Waals surface area contributed by atoms with E-state index in [2.05, 4.69) is 36.2 Å². The van der Waals surface area contributed by atoms with E-state index in [1.165, 1.54) is 5.56 Å². The summed E-state index contributed by atoms with van der Waals surface area (Å²) in [5.74, 6) is 0. The highest BCUT2D eigenvalue weighted by atomic mass is 16.3. The van der Waals surface area contributed by atoms with Crippen molar-refractivity contribution in [2.24, 2.45) is 5.73 Å². The number of nitrogens with zero attached hydrogens (tertiary/aromatic N) is 1. The van der Waals surface area contributed by atoms with Crippen molar-refractivity contribution in [3.05, 3.63) is 35.9 Å². The Kier molecular flexibility index (Phi) is 7.06. The molecular weight excluding hydrogens is 236 g/mol. The number of aliphatic hydroxyl groups excluding tert-OH is 1. The van der Waals surface area contributed by atoms with Gasteiger partial charge in [-0.05, 0) is 44.8 Å². The maximum Gasteiger partial charge on any atom is 0.0611 e. The summed E-state index contributed by atoms with van der Waals surface area (Å²) in [6.45, 7) is 4.21. The Morgan fingerprint density at radius 2 is 1.89 bits per heavy atom. The van der Waals surface area contributed by atoms with Gasteiger partial charge in [-0.15, -0.1) is 0 Å². The molecule has 0 radical (unpaired) electrons. The summed E-state index contributed by atoms with van der Waals surface area (Å²) in [6, 6.07) is 10.6. The number of aliphatic hydroxyl groups is 1. The van der Waals surface area contributed by atoms with E-state index in [1.54, 1.807) is 0 Å². The van der Waals surface area contributed by atoms with Gasteiger partial charge < -0.3 is 15.7 Å². The first kappa shape index (κ1) is 16.2. The molecule has 19 heavy (non-hydrogen) atoms. The van der Waals surface area contributed by atoms with Crippen molar-refractivity contribution >= 4 is 0 Å². The first-order chi connectivity index (χ1) is 9.09. The standard InChI is InChI=1S/C16H28N2O/c1-3-16(17,14-19)11-7-12-18(2)13-10-15-8-5-4-6-9-15/h4-6,8-9,19H,3,7,10-14,17H2,1-2H3. The quantitative estimate of drug-likeness (QED) is 0.717. The van der Waals surface area contributed by atoms with Crippen LogP contribution >= 0.6 is 0 Å². The Morgan fingerprint density at radius 3 is 2.47 bits per heavy atom. The number of hydrogen-bond donors (Lipinski definition) is 2. The van der Waals surface area contributed by atoms with Gasteiger partial charge in [0.1, 0.15) is 0 Å². The molecule has 0 aliphatic rings. The van der Waals surface area contributed by atoms with E-state index in [-0.39, 0.29) is 12.1 Å². The second-order valence-electron chi connectivity index (χ2n) is 5.52. The molecule has 0 amide bonds. The minimum atomic E-state index is -0.389. The van der Waals surface area contributed by atoms with E-state index in [0.717, 1.165) is 38.8 Å². The predicted octanol–water partition coefficient (Wildman–Crippen LogP) is 2.04. The lowest BCUT2D eigenvalue weighted by Gasteiger charge is -2.26.